The number of carbonyl (C=O) groups is 1. The first kappa shape index (κ1) is 11.0. The topological polar surface area (TPSA) is 42.2 Å². The molecule has 0 saturated carbocycles. The molecule has 88 valence electrons. The maximum atomic E-state index is 12.8. The number of hydrogen-bond acceptors (Lipinski definition) is 1. The third kappa shape index (κ3) is 1.68. The summed E-state index contributed by atoms with van der Waals surface area (Å²) < 4.78 is 40.0. The summed E-state index contributed by atoms with van der Waals surface area (Å²) in [6.45, 7) is 0.325. The molecule has 1 aromatic rings. The summed E-state index contributed by atoms with van der Waals surface area (Å²) in [5, 5.41) is 8.83. The highest BCUT2D eigenvalue weighted by atomic mass is 19.4. The molecule has 3 nitrogen and oxygen atoms in total. The zero-order chi connectivity index (χ0) is 11.9. The number of aryl methyl sites for hydroxylation is 1. The summed E-state index contributed by atoms with van der Waals surface area (Å²) >= 11 is 0. The van der Waals surface area contributed by atoms with Crippen LogP contribution in [0.4, 0.5) is 13.2 Å². The lowest BCUT2D eigenvalue weighted by Crippen LogP contribution is -2.38. The minimum Gasteiger partial charge on any atom is -0.481 e. The SMILES string of the molecule is O=C(O)C1CCn2cccc2C1C(F)(F)F. The molecule has 0 aliphatic carbocycles. The molecule has 0 bridgehead atoms. The monoisotopic (exact) mass is 233 g/mol. The standard InChI is InChI=1S/C10H10F3NO2/c11-10(12,13)8-6(9(15)16)3-5-14-4-1-2-7(8)14/h1-2,4,6,8H,3,5H2,(H,15,16). The Bertz CT molecular complexity index is 410. The second kappa shape index (κ2) is 3.54. The Morgan fingerprint density at radius 3 is 2.75 bits per heavy atom. The van der Waals surface area contributed by atoms with Crippen LogP contribution in [0.15, 0.2) is 18.3 Å². The minimum absolute atomic E-state index is 0.0151. The van der Waals surface area contributed by atoms with Crippen molar-refractivity contribution in [3.05, 3.63) is 24.0 Å². The molecule has 1 aromatic heterocycles. The number of nitrogens with zero attached hydrogens (tertiary/aromatic N) is 1. The van der Waals surface area contributed by atoms with Gasteiger partial charge in [0.2, 0.25) is 0 Å². The van der Waals surface area contributed by atoms with E-state index in [9.17, 15) is 18.0 Å². The highest BCUT2D eigenvalue weighted by Crippen LogP contribution is 2.44. The summed E-state index contributed by atoms with van der Waals surface area (Å²) in [5.41, 5.74) is 0.0474. The van der Waals surface area contributed by atoms with Crippen LogP contribution in [0.5, 0.6) is 0 Å². The van der Waals surface area contributed by atoms with Gasteiger partial charge < -0.3 is 9.67 Å². The Balaban J connectivity index is 2.45. The van der Waals surface area contributed by atoms with Gasteiger partial charge in [0.05, 0.1) is 5.92 Å². The number of alkyl halides is 3. The summed E-state index contributed by atoms with van der Waals surface area (Å²) in [5.74, 6) is -4.65. The molecule has 2 unspecified atom stereocenters. The Morgan fingerprint density at radius 2 is 2.19 bits per heavy atom. The van der Waals surface area contributed by atoms with Crippen molar-refractivity contribution in [2.24, 2.45) is 5.92 Å². The maximum absolute atomic E-state index is 12.8. The van der Waals surface area contributed by atoms with Gasteiger partial charge in [0.25, 0.3) is 0 Å². The predicted octanol–water partition coefficient (Wildman–Crippen LogP) is 2.24. The smallest absolute Gasteiger partial charge is 0.398 e. The van der Waals surface area contributed by atoms with Crippen molar-refractivity contribution >= 4 is 5.97 Å². The van der Waals surface area contributed by atoms with Crippen LogP contribution < -0.4 is 0 Å². The number of halogens is 3. The molecule has 6 heteroatoms. The fourth-order valence-electron chi connectivity index (χ4n) is 2.23. The molecule has 1 aliphatic heterocycles. The summed E-state index contributed by atoms with van der Waals surface area (Å²) in [6, 6.07) is 2.85. The molecular weight excluding hydrogens is 223 g/mol. The van der Waals surface area contributed by atoms with Gasteiger partial charge in [-0.1, -0.05) is 0 Å². The van der Waals surface area contributed by atoms with Gasteiger partial charge in [-0.25, -0.2) is 0 Å². The Kier molecular flexibility index (Phi) is 2.44. The molecular formula is C10H10F3NO2. The van der Waals surface area contributed by atoms with Crippen molar-refractivity contribution in [2.75, 3.05) is 0 Å². The molecule has 0 amide bonds. The number of rotatable bonds is 1. The van der Waals surface area contributed by atoms with Gasteiger partial charge in [0.15, 0.2) is 0 Å². The van der Waals surface area contributed by atoms with Crippen LogP contribution in [-0.2, 0) is 11.3 Å². The number of carboxylic acid groups (broad SMARTS) is 1. The minimum atomic E-state index is -4.51. The molecule has 2 heterocycles. The predicted molar refractivity (Wildman–Crippen MR) is 49.0 cm³/mol. The maximum Gasteiger partial charge on any atom is 0.398 e. The second-order valence-electron chi connectivity index (χ2n) is 3.88. The van der Waals surface area contributed by atoms with E-state index >= 15 is 0 Å². The fourth-order valence-corrected chi connectivity index (χ4v) is 2.23. The van der Waals surface area contributed by atoms with E-state index < -0.39 is 24.0 Å². The molecule has 1 aliphatic rings. The first-order valence-electron chi connectivity index (χ1n) is 4.86. The van der Waals surface area contributed by atoms with Crippen LogP contribution in [0.3, 0.4) is 0 Å². The van der Waals surface area contributed by atoms with Gasteiger partial charge in [0.1, 0.15) is 5.92 Å². The van der Waals surface area contributed by atoms with Crippen molar-refractivity contribution < 1.29 is 23.1 Å². The average Bonchev–Trinajstić information content (AvgIpc) is 2.61. The summed E-state index contributed by atoms with van der Waals surface area (Å²) in [6.07, 6.45) is -2.95. The van der Waals surface area contributed by atoms with E-state index in [1.165, 1.54) is 16.7 Å². The molecule has 0 radical (unpaired) electrons. The van der Waals surface area contributed by atoms with Gasteiger partial charge >= 0.3 is 12.1 Å². The highest BCUT2D eigenvalue weighted by molar-refractivity contribution is 5.71. The van der Waals surface area contributed by atoms with Crippen LogP contribution in [0.2, 0.25) is 0 Å². The molecule has 0 fully saturated rings. The van der Waals surface area contributed by atoms with E-state index in [0.717, 1.165) is 0 Å². The zero-order valence-corrected chi connectivity index (χ0v) is 8.24. The van der Waals surface area contributed by atoms with Crippen LogP contribution >= 0.6 is 0 Å². The van der Waals surface area contributed by atoms with Crippen molar-refractivity contribution in [1.82, 2.24) is 4.57 Å². The second-order valence-corrected chi connectivity index (χ2v) is 3.88. The van der Waals surface area contributed by atoms with E-state index in [-0.39, 0.29) is 12.1 Å². The lowest BCUT2D eigenvalue weighted by molar-refractivity contribution is -0.179. The lowest BCUT2D eigenvalue weighted by atomic mass is 9.84. The van der Waals surface area contributed by atoms with Crippen LogP contribution in [0.25, 0.3) is 0 Å². The zero-order valence-electron chi connectivity index (χ0n) is 8.24. The lowest BCUT2D eigenvalue weighted by Gasteiger charge is -2.31. The van der Waals surface area contributed by atoms with E-state index in [0.29, 0.717) is 6.54 Å². The molecule has 16 heavy (non-hydrogen) atoms. The Hall–Kier alpha value is -1.46. The molecule has 2 rings (SSSR count). The molecule has 0 spiro atoms. The first-order chi connectivity index (χ1) is 7.41. The van der Waals surface area contributed by atoms with Crippen molar-refractivity contribution in [3.63, 3.8) is 0 Å². The fraction of sp³-hybridized carbons (Fsp3) is 0.500. The molecule has 0 saturated heterocycles. The van der Waals surface area contributed by atoms with Gasteiger partial charge in [-0.3, -0.25) is 4.79 Å². The van der Waals surface area contributed by atoms with Crippen molar-refractivity contribution in [3.8, 4) is 0 Å². The molecule has 0 aromatic carbocycles. The molecule has 1 N–H and O–H groups in total. The van der Waals surface area contributed by atoms with E-state index in [4.69, 9.17) is 5.11 Å². The number of aromatic nitrogens is 1. The third-order valence-electron chi connectivity index (χ3n) is 2.94. The summed E-state index contributed by atoms with van der Waals surface area (Å²) in [7, 11) is 0. The van der Waals surface area contributed by atoms with Crippen molar-refractivity contribution in [2.45, 2.75) is 25.1 Å². The highest BCUT2D eigenvalue weighted by Gasteiger charge is 2.51. The quantitative estimate of drug-likeness (QED) is 0.808. The average molecular weight is 233 g/mol. The van der Waals surface area contributed by atoms with E-state index in [1.807, 2.05) is 0 Å². The van der Waals surface area contributed by atoms with Gasteiger partial charge in [-0.15, -0.1) is 0 Å². The Labute approximate surface area is 89.5 Å². The Morgan fingerprint density at radius 1 is 1.50 bits per heavy atom. The normalized spacial score (nSPS) is 25.2. The van der Waals surface area contributed by atoms with Crippen LogP contribution in [-0.4, -0.2) is 21.8 Å². The number of carboxylic acids is 1. The van der Waals surface area contributed by atoms with E-state index in [1.54, 1.807) is 6.20 Å². The largest absolute Gasteiger partial charge is 0.481 e. The number of fused-ring (bicyclic) bond motifs is 1. The van der Waals surface area contributed by atoms with Crippen molar-refractivity contribution in [1.29, 1.82) is 0 Å². The van der Waals surface area contributed by atoms with Crippen LogP contribution in [0, 0.1) is 5.92 Å². The van der Waals surface area contributed by atoms with Gasteiger partial charge in [-0.05, 0) is 18.6 Å². The number of hydrogen-bond donors (Lipinski definition) is 1. The summed E-state index contributed by atoms with van der Waals surface area (Å²) in [4.78, 5) is 10.8. The third-order valence-corrected chi connectivity index (χ3v) is 2.94. The number of aliphatic carboxylic acids is 1. The van der Waals surface area contributed by atoms with Gasteiger partial charge in [0, 0.05) is 18.4 Å². The first-order valence-corrected chi connectivity index (χ1v) is 4.86. The van der Waals surface area contributed by atoms with E-state index in [2.05, 4.69) is 0 Å². The molecule has 2 atom stereocenters. The van der Waals surface area contributed by atoms with Crippen LogP contribution in [0.1, 0.15) is 18.0 Å². The van der Waals surface area contributed by atoms with Gasteiger partial charge in [-0.2, -0.15) is 13.2 Å².